The molecule has 1 fully saturated rings. The Morgan fingerprint density at radius 1 is 1.07 bits per heavy atom. The number of unbranched alkanes of at least 4 members (excludes halogenated alkanes) is 1. The monoisotopic (exact) mass is 431 g/mol. The lowest BCUT2D eigenvalue weighted by Gasteiger charge is -2.36. The van der Waals surface area contributed by atoms with E-state index in [9.17, 15) is 9.00 Å². The van der Waals surface area contributed by atoms with Crippen LogP contribution >= 0.6 is 0 Å². The summed E-state index contributed by atoms with van der Waals surface area (Å²) in [5, 5.41) is 5.60. The maximum Gasteiger partial charge on any atom is 0.162 e. The number of hydrogen-bond donors (Lipinski definition) is 1. The molecule has 7 heteroatoms. The quantitative estimate of drug-likeness (QED) is 0.514. The smallest absolute Gasteiger partial charge is 0.162 e. The molecular formula is C22H29N3O2S2. The molecule has 0 radical (unpaired) electrons. The van der Waals surface area contributed by atoms with Crippen molar-refractivity contribution in [1.82, 2.24) is 4.90 Å². The zero-order chi connectivity index (χ0) is 20.9. The average Bonchev–Trinajstić information content (AvgIpc) is 2.71. The van der Waals surface area contributed by atoms with Crippen LogP contribution in [0.25, 0.3) is 0 Å². The van der Waals surface area contributed by atoms with Gasteiger partial charge in [0.05, 0.1) is 4.90 Å². The van der Waals surface area contributed by atoms with Crippen LogP contribution in [-0.2, 0) is 19.9 Å². The molecule has 1 saturated heterocycles. The Morgan fingerprint density at radius 2 is 1.76 bits per heavy atom. The SMILES string of the molecule is Cc1ccc(C(=O)CCCCN2CCN(c3ccccc3)CC2)cc1S(N)(=O)=S. The maximum atomic E-state index is 12.5. The van der Waals surface area contributed by atoms with Crippen molar-refractivity contribution in [3.05, 3.63) is 59.7 Å². The Bertz CT molecular complexity index is 938. The van der Waals surface area contributed by atoms with E-state index >= 15 is 0 Å². The summed E-state index contributed by atoms with van der Waals surface area (Å²) >= 11 is 4.89. The van der Waals surface area contributed by atoms with Crippen molar-refractivity contribution >= 4 is 31.3 Å². The van der Waals surface area contributed by atoms with Crippen molar-refractivity contribution in [3.8, 4) is 0 Å². The lowest BCUT2D eigenvalue weighted by Crippen LogP contribution is -2.46. The molecule has 0 aliphatic carbocycles. The fraction of sp³-hybridized carbons (Fsp3) is 0.409. The van der Waals surface area contributed by atoms with E-state index in [4.69, 9.17) is 16.3 Å². The molecule has 0 bridgehead atoms. The van der Waals surface area contributed by atoms with Gasteiger partial charge in [-0.25, -0.2) is 9.35 Å². The van der Waals surface area contributed by atoms with Gasteiger partial charge in [-0.05, 0) is 50.1 Å². The summed E-state index contributed by atoms with van der Waals surface area (Å²) in [6.45, 7) is 6.99. The third-order valence-corrected chi connectivity index (χ3v) is 7.03. The van der Waals surface area contributed by atoms with Crippen molar-refractivity contribution < 1.29 is 9.00 Å². The van der Waals surface area contributed by atoms with E-state index in [1.165, 1.54) is 5.69 Å². The first-order chi connectivity index (χ1) is 13.8. The maximum absolute atomic E-state index is 12.5. The Kier molecular flexibility index (Phi) is 7.40. The summed E-state index contributed by atoms with van der Waals surface area (Å²) in [7, 11) is -2.98. The van der Waals surface area contributed by atoms with E-state index < -0.39 is 8.68 Å². The second kappa shape index (κ2) is 9.80. The average molecular weight is 432 g/mol. The predicted octanol–water partition coefficient (Wildman–Crippen LogP) is 3.15. The zero-order valence-electron chi connectivity index (χ0n) is 16.9. The van der Waals surface area contributed by atoms with Gasteiger partial charge in [-0.3, -0.25) is 9.69 Å². The highest BCUT2D eigenvalue weighted by Crippen LogP contribution is 2.19. The van der Waals surface area contributed by atoms with Crippen LogP contribution in [0.3, 0.4) is 0 Å². The number of ketones is 1. The second-order valence-corrected chi connectivity index (χ2v) is 10.6. The highest BCUT2D eigenvalue weighted by Gasteiger charge is 2.17. The van der Waals surface area contributed by atoms with Crippen molar-refractivity contribution in [2.45, 2.75) is 31.1 Å². The summed E-state index contributed by atoms with van der Waals surface area (Å²) in [6, 6.07) is 15.7. The summed E-state index contributed by atoms with van der Waals surface area (Å²) in [5.74, 6) is 0.0544. The number of benzene rings is 2. The highest BCUT2D eigenvalue weighted by molar-refractivity contribution is 8.31. The van der Waals surface area contributed by atoms with Crippen molar-refractivity contribution in [1.29, 1.82) is 0 Å². The molecular weight excluding hydrogens is 402 g/mol. The number of rotatable bonds is 8. The van der Waals surface area contributed by atoms with Crippen LogP contribution in [0, 0.1) is 6.92 Å². The van der Waals surface area contributed by atoms with Gasteiger partial charge in [-0.15, -0.1) is 0 Å². The Morgan fingerprint density at radius 3 is 2.41 bits per heavy atom. The topological polar surface area (TPSA) is 66.6 Å². The molecule has 5 nitrogen and oxygen atoms in total. The molecule has 1 aliphatic heterocycles. The van der Waals surface area contributed by atoms with Gasteiger partial charge in [-0.1, -0.05) is 30.3 Å². The molecule has 3 rings (SSSR count). The number of Topliss-reactive ketones (excluding diaryl/α,β-unsaturated/α-hetero) is 1. The van der Waals surface area contributed by atoms with E-state index in [-0.39, 0.29) is 5.78 Å². The largest absolute Gasteiger partial charge is 0.369 e. The normalized spacial score (nSPS) is 17.1. The fourth-order valence-electron chi connectivity index (χ4n) is 3.71. The molecule has 0 spiro atoms. The molecule has 1 unspecified atom stereocenters. The molecule has 0 saturated carbocycles. The molecule has 2 aromatic carbocycles. The van der Waals surface area contributed by atoms with E-state index in [1.807, 2.05) is 6.07 Å². The van der Waals surface area contributed by atoms with Gasteiger partial charge in [0.15, 0.2) is 5.78 Å². The number of nitrogens with two attached hydrogens (primary N) is 1. The van der Waals surface area contributed by atoms with Gasteiger partial charge in [0.2, 0.25) is 0 Å². The third kappa shape index (κ3) is 6.09. The van der Waals surface area contributed by atoms with E-state index in [0.717, 1.165) is 51.1 Å². The first-order valence-corrected chi connectivity index (χ1v) is 12.6. The van der Waals surface area contributed by atoms with Crippen LogP contribution in [0.4, 0.5) is 5.69 Å². The molecule has 1 atom stereocenters. The van der Waals surface area contributed by atoms with Gasteiger partial charge < -0.3 is 4.90 Å². The van der Waals surface area contributed by atoms with Crippen LogP contribution in [0.1, 0.15) is 35.2 Å². The molecule has 0 aromatic heterocycles. The molecule has 1 heterocycles. The molecule has 29 heavy (non-hydrogen) atoms. The Balaban J connectivity index is 1.42. The number of anilines is 1. The summed E-state index contributed by atoms with van der Waals surface area (Å²) < 4.78 is 12.0. The summed E-state index contributed by atoms with van der Waals surface area (Å²) in [5.41, 5.74) is 2.60. The Labute approximate surface area is 178 Å². The standard InChI is InChI=1S/C22H29N3O2S2/c1-18-10-11-19(17-22(18)29(23,27)28)21(26)9-5-6-12-24-13-15-25(16-14-24)20-7-3-2-4-8-20/h2-4,7-8,10-11,17H,5-6,9,12-16H2,1H3,(H2,23,27,28). The molecule has 2 aromatic rings. The molecule has 0 amide bonds. The first kappa shape index (κ1) is 21.9. The number of carbonyl (C=O) groups excluding carboxylic acids is 1. The van der Waals surface area contributed by atoms with Crippen molar-refractivity contribution in [2.24, 2.45) is 5.14 Å². The zero-order valence-corrected chi connectivity index (χ0v) is 18.5. The van der Waals surface area contributed by atoms with Crippen LogP contribution < -0.4 is 10.0 Å². The van der Waals surface area contributed by atoms with Crippen LogP contribution in [0.2, 0.25) is 0 Å². The minimum absolute atomic E-state index is 0.0544. The van der Waals surface area contributed by atoms with E-state index in [1.54, 1.807) is 25.1 Å². The number of nitrogens with zero attached hydrogens (tertiary/aromatic N) is 2. The number of carbonyl (C=O) groups is 1. The third-order valence-electron chi connectivity index (χ3n) is 5.44. The van der Waals surface area contributed by atoms with Gasteiger partial charge in [0.25, 0.3) is 0 Å². The van der Waals surface area contributed by atoms with Gasteiger partial charge in [-0.2, -0.15) is 0 Å². The van der Waals surface area contributed by atoms with E-state index in [0.29, 0.717) is 16.9 Å². The van der Waals surface area contributed by atoms with E-state index in [2.05, 4.69) is 34.1 Å². The van der Waals surface area contributed by atoms with Crippen molar-refractivity contribution in [3.63, 3.8) is 0 Å². The van der Waals surface area contributed by atoms with Gasteiger partial charge >= 0.3 is 0 Å². The van der Waals surface area contributed by atoms with Crippen LogP contribution in [0.15, 0.2) is 53.4 Å². The number of aryl methyl sites for hydroxylation is 1. The minimum Gasteiger partial charge on any atom is -0.369 e. The molecule has 1 aliphatic rings. The highest BCUT2D eigenvalue weighted by atomic mass is 32.8. The Hall–Kier alpha value is -1.80. The van der Waals surface area contributed by atoms with Gasteiger partial charge in [0.1, 0.15) is 8.68 Å². The minimum atomic E-state index is -2.98. The van der Waals surface area contributed by atoms with Crippen LogP contribution in [0.5, 0.6) is 0 Å². The lowest BCUT2D eigenvalue weighted by atomic mass is 10.0. The van der Waals surface area contributed by atoms with Crippen LogP contribution in [-0.4, -0.2) is 47.6 Å². The lowest BCUT2D eigenvalue weighted by molar-refractivity contribution is 0.0977. The predicted molar refractivity (Wildman–Crippen MR) is 122 cm³/mol. The number of hydrogen-bond acceptors (Lipinski definition) is 5. The number of para-hydroxylation sites is 1. The summed E-state index contributed by atoms with van der Waals surface area (Å²) in [6.07, 6.45) is 2.31. The summed E-state index contributed by atoms with van der Waals surface area (Å²) in [4.78, 5) is 17.8. The van der Waals surface area contributed by atoms with Crippen molar-refractivity contribution in [2.75, 3.05) is 37.6 Å². The van der Waals surface area contributed by atoms with Gasteiger partial charge in [0, 0.05) is 55.0 Å². The number of piperazine rings is 1. The second-order valence-electron chi connectivity index (χ2n) is 7.57. The fourth-order valence-corrected chi connectivity index (χ4v) is 5.06. The molecule has 2 N–H and O–H groups in total. The molecule has 156 valence electrons. The first-order valence-electron chi connectivity index (χ1n) is 10.0.